The topological polar surface area (TPSA) is 29.3 Å². The maximum Gasteiger partial charge on any atom is 0.138 e. The second-order valence-corrected chi connectivity index (χ2v) is 6.05. The predicted molar refractivity (Wildman–Crippen MR) is 86.7 cm³/mol. The molecule has 0 saturated heterocycles. The third-order valence-corrected chi connectivity index (χ3v) is 4.57. The third-order valence-electron chi connectivity index (χ3n) is 4.57. The monoisotopic (exact) mass is 279 g/mol. The van der Waals surface area contributed by atoms with Gasteiger partial charge in [-0.2, -0.15) is 0 Å². The van der Waals surface area contributed by atoms with Gasteiger partial charge in [0.1, 0.15) is 11.5 Å². The molecule has 3 nitrogen and oxygen atoms in total. The number of hydrogen-bond donors (Lipinski definition) is 1. The molecule has 2 aromatic heterocycles. The molecule has 1 saturated carbocycles. The minimum absolute atomic E-state index is 0.302. The summed E-state index contributed by atoms with van der Waals surface area (Å²) in [4.78, 5) is 4.86. The first kappa shape index (κ1) is 12.7. The smallest absolute Gasteiger partial charge is 0.138 e. The van der Waals surface area contributed by atoms with Gasteiger partial charge in [0.15, 0.2) is 0 Å². The second-order valence-electron chi connectivity index (χ2n) is 6.05. The van der Waals surface area contributed by atoms with Crippen molar-refractivity contribution in [2.45, 2.75) is 44.1 Å². The van der Waals surface area contributed by atoms with Crippen LogP contribution in [0.1, 0.15) is 43.7 Å². The van der Waals surface area contributed by atoms with Crippen LogP contribution in [0.4, 0.5) is 5.82 Å². The molecule has 0 aromatic carbocycles. The molecule has 2 aromatic rings. The van der Waals surface area contributed by atoms with E-state index in [0.29, 0.717) is 12.0 Å². The number of nitrogens with one attached hydrogen (secondary N) is 1. The fraction of sp³-hybridized carbons (Fsp3) is 0.389. The molecule has 21 heavy (non-hydrogen) atoms. The van der Waals surface area contributed by atoms with E-state index in [2.05, 4.69) is 58.4 Å². The number of hydrogen-bond acceptors (Lipinski definition) is 2. The van der Waals surface area contributed by atoms with E-state index < -0.39 is 0 Å². The maximum absolute atomic E-state index is 4.86. The van der Waals surface area contributed by atoms with Crippen molar-refractivity contribution in [3.8, 4) is 0 Å². The number of nitrogens with zero attached hydrogens (tertiary/aromatic N) is 2. The molecular formula is C18H21N3. The molecule has 1 N–H and O–H groups in total. The highest BCUT2D eigenvalue weighted by atomic mass is 15.1. The first-order valence-corrected chi connectivity index (χ1v) is 8.00. The van der Waals surface area contributed by atoms with Gasteiger partial charge >= 0.3 is 0 Å². The zero-order valence-electron chi connectivity index (χ0n) is 12.2. The van der Waals surface area contributed by atoms with E-state index in [1.165, 1.54) is 37.9 Å². The average Bonchev–Trinajstić information content (AvgIpc) is 3.16. The van der Waals surface area contributed by atoms with Gasteiger partial charge in [0.2, 0.25) is 0 Å². The summed E-state index contributed by atoms with van der Waals surface area (Å²) in [6, 6.07) is 6.80. The molecular weight excluding hydrogens is 258 g/mol. The highest BCUT2D eigenvalue weighted by Gasteiger charge is 2.22. The molecule has 4 rings (SSSR count). The molecule has 0 amide bonds. The minimum Gasteiger partial charge on any atom is -0.367 e. The number of aromatic nitrogens is 2. The Hall–Kier alpha value is -2.03. The van der Waals surface area contributed by atoms with E-state index >= 15 is 0 Å². The lowest BCUT2D eigenvalue weighted by Gasteiger charge is -2.24. The SMILES string of the molecule is C1=CC(c2nc3ccccn3c2NC2CCCCC2)C=C1. The zero-order valence-corrected chi connectivity index (χ0v) is 12.2. The van der Waals surface area contributed by atoms with Gasteiger partial charge in [-0.15, -0.1) is 0 Å². The van der Waals surface area contributed by atoms with Crippen LogP contribution in [0, 0.1) is 0 Å². The van der Waals surface area contributed by atoms with E-state index in [-0.39, 0.29) is 0 Å². The number of pyridine rings is 1. The Balaban J connectivity index is 1.74. The highest BCUT2D eigenvalue weighted by Crippen LogP contribution is 2.32. The fourth-order valence-corrected chi connectivity index (χ4v) is 3.44. The van der Waals surface area contributed by atoms with Crippen molar-refractivity contribution in [1.29, 1.82) is 0 Å². The molecule has 2 aliphatic rings. The Morgan fingerprint density at radius 2 is 1.86 bits per heavy atom. The number of fused-ring (bicyclic) bond motifs is 1. The van der Waals surface area contributed by atoms with Crippen molar-refractivity contribution in [3.63, 3.8) is 0 Å². The lowest BCUT2D eigenvalue weighted by atomic mass is 9.95. The van der Waals surface area contributed by atoms with Crippen molar-refractivity contribution >= 4 is 11.5 Å². The molecule has 0 aliphatic heterocycles. The van der Waals surface area contributed by atoms with Crippen molar-refractivity contribution < 1.29 is 0 Å². The van der Waals surface area contributed by atoms with Crippen molar-refractivity contribution in [2.75, 3.05) is 5.32 Å². The van der Waals surface area contributed by atoms with Gasteiger partial charge in [0, 0.05) is 18.2 Å². The van der Waals surface area contributed by atoms with Gasteiger partial charge in [-0.25, -0.2) is 4.98 Å². The molecule has 0 unspecified atom stereocenters. The van der Waals surface area contributed by atoms with Crippen LogP contribution in [0.25, 0.3) is 5.65 Å². The molecule has 2 aliphatic carbocycles. The summed E-state index contributed by atoms with van der Waals surface area (Å²) in [5, 5.41) is 3.78. The van der Waals surface area contributed by atoms with Gasteiger partial charge < -0.3 is 5.32 Å². The Kier molecular flexibility index (Phi) is 3.26. The van der Waals surface area contributed by atoms with Crippen molar-refractivity contribution in [2.24, 2.45) is 0 Å². The lowest BCUT2D eigenvalue weighted by Crippen LogP contribution is -2.23. The van der Waals surface area contributed by atoms with Gasteiger partial charge in [-0.3, -0.25) is 4.40 Å². The molecule has 3 heteroatoms. The standard InChI is InChI=1S/C18H21N3/c1-2-10-15(11-3-1)19-18-17(14-8-4-5-9-14)20-16-12-6-7-13-21(16)18/h4-9,12-15,19H,1-3,10-11H2. The number of rotatable bonds is 3. The summed E-state index contributed by atoms with van der Waals surface area (Å²) in [6.07, 6.45) is 17.4. The normalized spacial score (nSPS) is 19.6. The second kappa shape index (κ2) is 5.40. The number of allylic oxidation sites excluding steroid dienone is 4. The summed E-state index contributed by atoms with van der Waals surface area (Å²) in [5.74, 6) is 1.48. The Bertz CT molecular complexity index is 678. The van der Waals surface area contributed by atoms with E-state index in [4.69, 9.17) is 4.98 Å². The van der Waals surface area contributed by atoms with Gasteiger partial charge in [-0.05, 0) is 25.0 Å². The Morgan fingerprint density at radius 3 is 2.67 bits per heavy atom. The van der Waals surface area contributed by atoms with E-state index in [0.717, 1.165) is 11.3 Å². The largest absolute Gasteiger partial charge is 0.367 e. The van der Waals surface area contributed by atoms with Gasteiger partial charge in [-0.1, -0.05) is 49.6 Å². The first-order valence-electron chi connectivity index (χ1n) is 8.00. The van der Waals surface area contributed by atoms with Crippen LogP contribution in [-0.2, 0) is 0 Å². The average molecular weight is 279 g/mol. The minimum atomic E-state index is 0.302. The Morgan fingerprint density at radius 1 is 1.05 bits per heavy atom. The molecule has 0 bridgehead atoms. The summed E-state index contributed by atoms with van der Waals surface area (Å²) in [5.41, 5.74) is 2.18. The lowest BCUT2D eigenvalue weighted by molar-refractivity contribution is 0.461. The summed E-state index contributed by atoms with van der Waals surface area (Å²) >= 11 is 0. The molecule has 0 spiro atoms. The summed E-state index contributed by atoms with van der Waals surface area (Å²) in [7, 11) is 0. The van der Waals surface area contributed by atoms with E-state index in [1.807, 2.05) is 0 Å². The fourth-order valence-electron chi connectivity index (χ4n) is 3.44. The summed E-state index contributed by atoms with van der Waals surface area (Å²) in [6.45, 7) is 0. The quantitative estimate of drug-likeness (QED) is 0.908. The number of anilines is 1. The van der Waals surface area contributed by atoms with Crippen molar-refractivity contribution in [3.05, 3.63) is 54.4 Å². The highest BCUT2D eigenvalue weighted by molar-refractivity contribution is 5.59. The van der Waals surface area contributed by atoms with Crippen LogP contribution in [0.3, 0.4) is 0 Å². The molecule has 1 fully saturated rings. The van der Waals surface area contributed by atoms with Crippen LogP contribution < -0.4 is 5.32 Å². The molecule has 2 heterocycles. The van der Waals surface area contributed by atoms with Crippen LogP contribution in [0.2, 0.25) is 0 Å². The van der Waals surface area contributed by atoms with Gasteiger partial charge in [0.25, 0.3) is 0 Å². The molecule has 0 atom stereocenters. The van der Waals surface area contributed by atoms with Gasteiger partial charge in [0.05, 0.1) is 5.69 Å². The molecule has 0 radical (unpaired) electrons. The molecule has 108 valence electrons. The van der Waals surface area contributed by atoms with Crippen molar-refractivity contribution in [1.82, 2.24) is 9.38 Å². The van der Waals surface area contributed by atoms with E-state index in [9.17, 15) is 0 Å². The zero-order chi connectivity index (χ0) is 14.1. The summed E-state index contributed by atoms with van der Waals surface area (Å²) < 4.78 is 2.20. The third kappa shape index (κ3) is 2.37. The first-order chi connectivity index (χ1) is 10.4. The van der Waals surface area contributed by atoms with Crippen LogP contribution in [0.15, 0.2) is 48.7 Å². The van der Waals surface area contributed by atoms with E-state index in [1.54, 1.807) is 0 Å². The maximum atomic E-state index is 4.86. The number of imidazole rings is 1. The van der Waals surface area contributed by atoms with Crippen LogP contribution in [-0.4, -0.2) is 15.4 Å². The Labute approximate surface area is 125 Å². The predicted octanol–water partition coefficient (Wildman–Crippen LogP) is 4.29. The van der Waals surface area contributed by atoms with Crippen LogP contribution >= 0.6 is 0 Å². The van der Waals surface area contributed by atoms with Crippen LogP contribution in [0.5, 0.6) is 0 Å².